The molecule has 0 aliphatic carbocycles. The van der Waals surface area contributed by atoms with Crippen LogP contribution in [0.4, 0.5) is 20.2 Å². The molecule has 2 aromatic rings. The van der Waals surface area contributed by atoms with Gasteiger partial charge in [-0.2, -0.15) is 0 Å². The van der Waals surface area contributed by atoms with Crippen LogP contribution in [0.25, 0.3) is 0 Å². The number of para-hydroxylation sites is 1. The van der Waals surface area contributed by atoms with Gasteiger partial charge in [-0.3, -0.25) is 10.1 Å². The summed E-state index contributed by atoms with van der Waals surface area (Å²) in [6.07, 6.45) is 1.59. The first-order chi connectivity index (χ1) is 12.0. The Hall–Kier alpha value is -2.70. The molecule has 3 rings (SSSR count). The number of nitrogens with zero attached hydrogens (tertiary/aromatic N) is 2. The number of ether oxygens (including phenoxy) is 1. The first-order valence-electron chi connectivity index (χ1n) is 7.94. The van der Waals surface area contributed by atoms with Crippen LogP contribution < -0.4 is 9.64 Å². The van der Waals surface area contributed by atoms with Crippen LogP contribution in [0.3, 0.4) is 0 Å². The molecule has 5 nitrogen and oxygen atoms in total. The van der Waals surface area contributed by atoms with Crippen LogP contribution in [0.5, 0.6) is 11.5 Å². The molecular formula is C18H17F2N2O3. The van der Waals surface area contributed by atoms with Gasteiger partial charge in [-0.15, -0.1) is 0 Å². The summed E-state index contributed by atoms with van der Waals surface area (Å²) in [5, 5.41) is 11.3. The normalized spacial score (nSPS) is 17.4. The quantitative estimate of drug-likeness (QED) is 0.593. The summed E-state index contributed by atoms with van der Waals surface area (Å²) in [4.78, 5) is 12.1. The second-order valence-corrected chi connectivity index (χ2v) is 6.00. The number of rotatable bonds is 4. The third-order valence-electron chi connectivity index (χ3n) is 4.13. The standard InChI is InChI=1S/C18H17F2N2O3/c1-12-6-5-9-21(11-12)17-15(22(23)24)10-14(19)18(16(17)20)25-13-7-3-2-4-8-13/h2-4,7-8,10,12H,1,5-6,9,11H2/t12-/m0/s1. The lowest BCUT2D eigenvalue weighted by molar-refractivity contribution is -0.384. The summed E-state index contributed by atoms with van der Waals surface area (Å²) in [5.74, 6) is -2.55. The van der Waals surface area contributed by atoms with Gasteiger partial charge in [0.25, 0.3) is 5.69 Å². The Morgan fingerprint density at radius 2 is 2.00 bits per heavy atom. The van der Waals surface area contributed by atoms with Crippen molar-refractivity contribution in [3.05, 3.63) is 65.1 Å². The lowest BCUT2D eigenvalue weighted by Crippen LogP contribution is -2.35. The molecule has 1 fully saturated rings. The summed E-state index contributed by atoms with van der Waals surface area (Å²) in [6.45, 7) is 4.76. The molecule has 1 heterocycles. The summed E-state index contributed by atoms with van der Waals surface area (Å²) in [7, 11) is 0. The minimum Gasteiger partial charge on any atom is -0.451 e. The van der Waals surface area contributed by atoms with Crippen molar-refractivity contribution in [2.45, 2.75) is 12.8 Å². The van der Waals surface area contributed by atoms with Crippen LogP contribution in [0.1, 0.15) is 12.8 Å². The van der Waals surface area contributed by atoms with E-state index in [0.717, 1.165) is 12.8 Å². The molecule has 0 N–H and O–H groups in total. The monoisotopic (exact) mass is 347 g/mol. The predicted molar refractivity (Wildman–Crippen MR) is 89.8 cm³/mol. The first kappa shape index (κ1) is 17.1. The lowest BCUT2D eigenvalue weighted by atomic mass is 9.99. The van der Waals surface area contributed by atoms with Gasteiger partial charge in [-0.05, 0) is 37.8 Å². The van der Waals surface area contributed by atoms with E-state index in [-0.39, 0.29) is 17.4 Å². The van der Waals surface area contributed by atoms with Crippen molar-refractivity contribution in [3.63, 3.8) is 0 Å². The fourth-order valence-corrected chi connectivity index (χ4v) is 2.99. The lowest BCUT2D eigenvalue weighted by Gasteiger charge is -2.32. The Labute approximate surface area is 144 Å². The van der Waals surface area contributed by atoms with E-state index in [1.54, 1.807) is 35.2 Å². The molecule has 2 aromatic carbocycles. The second kappa shape index (κ2) is 7.04. The molecular weight excluding hydrogens is 330 g/mol. The zero-order chi connectivity index (χ0) is 18.0. The maximum absolute atomic E-state index is 15.0. The summed E-state index contributed by atoms with van der Waals surface area (Å²) >= 11 is 0. The smallest absolute Gasteiger partial charge is 0.298 e. The van der Waals surface area contributed by atoms with Crippen molar-refractivity contribution >= 4 is 11.4 Å². The molecule has 0 unspecified atom stereocenters. The topological polar surface area (TPSA) is 55.6 Å². The van der Waals surface area contributed by atoms with Gasteiger partial charge in [0.1, 0.15) is 5.75 Å². The number of nitro benzene ring substituents is 1. The third kappa shape index (κ3) is 3.55. The molecule has 1 aliphatic rings. The second-order valence-electron chi connectivity index (χ2n) is 6.00. The highest BCUT2D eigenvalue weighted by Crippen LogP contribution is 2.41. The van der Waals surface area contributed by atoms with Gasteiger partial charge in [0.05, 0.1) is 11.0 Å². The number of hydrogen-bond donors (Lipinski definition) is 0. The van der Waals surface area contributed by atoms with Gasteiger partial charge in [0, 0.05) is 13.1 Å². The first-order valence-corrected chi connectivity index (χ1v) is 7.94. The van der Waals surface area contributed by atoms with Crippen LogP contribution in [-0.2, 0) is 0 Å². The third-order valence-corrected chi connectivity index (χ3v) is 4.13. The molecule has 1 saturated heterocycles. The Kier molecular flexibility index (Phi) is 4.83. The maximum Gasteiger partial charge on any atom is 0.298 e. The molecule has 1 atom stereocenters. The largest absolute Gasteiger partial charge is 0.451 e. The van der Waals surface area contributed by atoms with Crippen LogP contribution in [-0.4, -0.2) is 18.0 Å². The zero-order valence-electron chi connectivity index (χ0n) is 13.5. The fourth-order valence-electron chi connectivity index (χ4n) is 2.99. The van der Waals surface area contributed by atoms with Gasteiger partial charge in [0.15, 0.2) is 17.3 Å². The van der Waals surface area contributed by atoms with Crippen molar-refractivity contribution in [1.29, 1.82) is 0 Å². The molecule has 1 aliphatic heterocycles. The van der Waals surface area contributed by atoms with E-state index in [0.29, 0.717) is 19.2 Å². The molecule has 131 valence electrons. The highest BCUT2D eigenvalue weighted by molar-refractivity contribution is 5.68. The summed E-state index contributed by atoms with van der Waals surface area (Å²) < 4.78 is 34.6. The van der Waals surface area contributed by atoms with Crippen LogP contribution in [0.15, 0.2) is 36.4 Å². The molecule has 7 heteroatoms. The summed E-state index contributed by atoms with van der Waals surface area (Å²) in [5.41, 5.74) is -0.852. The number of halogens is 2. The molecule has 0 bridgehead atoms. The van der Waals surface area contributed by atoms with E-state index in [1.165, 1.54) is 0 Å². The van der Waals surface area contributed by atoms with Crippen molar-refractivity contribution in [1.82, 2.24) is 0 Å². The number of benzene rings is 2. The molecule has 0 saturated carbocycles. The van der Waals surface area contributed by atoms with Crippen LogP contribution in [0.2, 0.25) is 0 Å². The van der Waals surface area contributed by atoms with Crippen molar-refractivity contribution in [2.24, 2.45) is 5.92 Å². The highest BCUT2D eigenvalue weighted by Gasteiger charge is 2.32. The SMILES string of the molecule is [CH2][C@H]1CCCN(c2c([N+](=O)[O-])cc(F)c(Oc3ccccc3)c2F)C1. The van der Waals surface area contributed by atoms with E-state index >= 15 is 4.39 Å². The van der Waals surface area contributed by atoms with E-state index in [2.05, 4.69) is 6.92 Å². The van der Waals surface area contributed by atoms with Crippen molar-refractivity contribution < 1.29 is 18.4 Å². The number of anilines is 1. The Morgan fingerprint density at radius 3 is 2.64 bits per heavy atom. The average Bonchev–Trinajstić information content (AvgIpc) is 2.59. The minimum atomic E-state index is -1.11. The van der Waals surface area contributed by atoms with Gasteiger partial charge >= 0.3 is 0 Å². The van der Waals surface area contributed by atoms with Crippen molar-refractivity contribution in [2.75, 3.05) is 18.0 Å². The van der Waals surface area contributed by atoms with Crippen LogP contribution in [0, 0.1) is 34.6 Å². The van der Waals surface area contributed by atoms with E-state index in [9.17, 15) is 14.5 Å². The zero-order valence-corrected chi connectivity index (χ0v) is 13.5. The van der Waals surface area contributed by atoms with E-state index in [4.69, 9.17) is 4.74 Å². The van der Waals surface area contributed by atoms with Crippen LogP contribution >= 0.6 is 0 Å². The number of hydrogen-bond acceptors (Lipinski definition) is 4. The molecule has 1 radical (unpaired) electrons. The minimum absolute atomic E-state index is 0.0244. The van der Waals surface area contributed by atoms with Crippen molar-refractivity contribution in [3.8, 4) is 11.5 Å². The molecule has 25 heavy (non-hydrogen) atoms. The summed E-state index contributed by atoms with van der Waals surface area (Å²) in [6, 6.07) is 8.87. The number of piperidine rings is 1. The Morgan fingerprint density at radius 1 is 1.28 bits per heavy atom. The fraction of sp³-hybridized carbons (Fsp3) is 0.278. The van der Waals surface area contributed by atoms with Gasteiger partial charge in [-0.1, -0.05) is 18.2 Å². The van der Waals surface area contributed by atoms with Gasteiger partial charge < -0.3 is 9.64 Å². The molecule has 0 spiro atoms. The molecule has 0 amide bonds. The highest BCUT2D eigenvalue weighted by atomic mass is 19.1. The predicted octanol–water partition coefficient (Wildman–Crippen LogP) is 4.72. The van der Waals surface area contributed by atoms with Gasteiger partial charge in [0.2, 0.25) is 5.75 Å². The number of nitro groups is 1. The Bertz CT molecular complexity index is 784. The molecule has 0 aromatic heterocycles. The van der Waals surface area contributed by atoms with E-state index < -0.39 is 28.0 Å². The average molecular weight is 347 g/mol. The van der Waals surface area contributed by atoms with Gasteiger partial charge in [-0.25, -0.2) is 8.78 Å². The maximum atomic E-state index is 15.0. The van der Waals surface area contributed by atoms with E-state index in [1.807, 2.05) is 0 Å². The Balaban J connectivity index is 2.08.